The predicted molar refractivity (Wildman–Crippen MR) is 122 cm³/mol. The molecule has 0 saturated heterocycles. The number of halogens is 2. The molecule has 0 bridgehead atoms. The van der Waals surface area contributed by atoms with Crippen LogP contribution in [0.2, 0.25) is 0 Å². The average Bonchev–Trinajstić information content (AvgIpc) is 2.84. The predicted octanol–water partition coefficient (Wildman–Crippen LogP) is 4.51. The lowest BCUT2D eigenvalue weighted by atomic mass is 9.84. The Kier molecular flexibility index (Phi) is 7.27. The second-order valence-corrected chi connectivity index (χ2v) is 8.04. The molecule has 3 aromatic rings. The first kappa shape index (κ1) is 23.5. The SMILES string of the molecule is COc1cc(CNCC2CC(c3ccc(F)c(OCC(=O)O)c3)c3ccccc3O2)ccc1F. The van der Waals surface area contributed by atoms with E-state index in [-0.39, 0.29) is 23.5 Å². The van der Waals surface area contributed by atoms with Gasteiger partial charge >= 0.3 is 5.97 Å². The number of ether oxygens (including phenoxy) is 3. The minimum atomic E-state index is -1.17. The van der Waals surface area contributed by atoms with Gasteiger partial charge in [-0.1, -0.05) is 30.3 Å². The van der Waals surface area contributed by atoms with Gasteiger partial charge in [0.15, 0.2) is 29.7 Å². The molecule has 2 N–H and O–H groups in total. The van der Waals surface area contributed by atoms with Crippen molar-refractivity contribution in [1.29, 1.82) is 0 Å². The Balaban J connectivity index is 1.49. The molecule has 0 aliphatic carbocycles. The molecule has 0 fully saturated rings. The molecule has 1 heterocycles. The summed E-state index contributed by atoms with van der Waals surface area (Å²) in [5.74, 6) is -1.44. The van der Waals surface area contributed by atoms with E-state index in [1.54, 1.807) is 24.3 Å². The van der Waals surface area contributed by atoms with Crippen LogP contribution in [0, 0.1) is 11.6 Å². The third-order valence-corrected chi connectivity index (χ3v) is 5.71. The third-order valence-electron chi connectivity index (χ3n) is 5.71. The van der Waals surface area contributed by atoms with Crippen LogP contribution < -0.4 is 19.5 Å². The number of fused-ring (bicyclic) bond motifs is 1. The zero-order valence-corrected chi connectivity index (χ0v) is 18.6. The minimum Gasteiger partial charge on any atom is -0.494 e. The summed E-state index contributed by atoms with van der Waals surface area (Å²) in [6.07, 6.45) is 0.455. The maximum absolute atomic E-state index is 14.2. The fraction of sp³-hybridized carbons (Fsp3) is 0.269. The topological polar surface area (TPSA) is 77.0 Å². The summed E-state index contributed by atoms with van der Waals surface area (Å²) in [5, 5.41) is 12.2. The number of carbonyl (C=O) groups is 1. The molecule has 1 aliphatic heterocycles. The van der Waals surface area contributed by atoms with Gasteiger partial charge in [0.25, 0.3) is 0 Å². The van der Waals surface area contributed by atoms with E-state index in [1.807, 2.05) is 24.3 Å². The van der Waals surface area contributed by atoms with Crippen LogP contribution in [-0.2, 0) is 11.3 Å². The number of benzene rings is 3. The second-order valence-electron chi connectivity index (χ2n) is 8.04. The molecule has 0 radical (unpaired) electrons. The van der Waals surface area contributed by atoms with Crippen LogP contribution in [0.25, 0.3) is 0 Å². The van der Waals surface area contributed by atoms with Crippen molar-refractivity contribution in [3.8, 4) is 17.2 Å². The molecule has 0 spiro atoms. The summed E-state index contributed by atoms with van der Waals surface area (Å²) >= 11 is 0. The Morgan fingerprint density at radius 2 is 1.85 bits per heavy atom. The van der Waals surface area contributed by atoms with Crippen LogP contribution >= 0.6 is 0 Å². The van der Waals surface area contributed by atoms with Crippen molar-refractivity contribution in [3.05, 3.63) is 89.0 Å². The quantitative estimate of drug-likeness (QED) is 0.480. The summed E-state index contributed by atoms with van der Waals surface area (Å²) < 4.78 is 44.2. The summed E-state index contributed by atoms with van der Waals surface area (Å²) in [7, 11) is 1.43. The van der Waals surface area contributed by atoms with Crippen LogP contribution in [0.3, 0.4) is 0 Å². The molecule has 4 rings (SSSR count). The van der Waals surface area contributed by atoms with Crippen LogP contribution in [-0.4, -0.2) is 37.4 Å². The molecule has 3 aromatic carbocycles. The maximum atomic E-state index is 14.2. The largest absolute Gasteiger partial charge is 0.494 e. The monoisotopic (exact) mass is 469 g/mol. The molecule has 178 valence electrons. The Labute approximate surface area is 196 Å². The van der Waals surface area contributed by atoms with E-state index in [0.29, 0.717) is 19.5 Å². The Hall–Kier alpha value is -3.65. The first-order chi connectivity index (χ1) is 16.4. The van der Waals surface area contributed by atoms with Crippen molar-refractivity contribution < 1.29 is 32.9 Å². The van der Waals surface area contributed by atoms with Gasteiger partial charge in [-0.2, -0.15) is 0 Å². The highest BCUT2D eigenvalue weighted by Crippen LogP contribution is 2.41. The standard InChI is InChI=1S/C26H25F2NO5/c1-32-24-10-16(6-8-21(24)27)13-29-14-18-12-20(19-4-2-3-5-23(19)34-18)17-7-9-22(28)25(11-17)33-15-26(30)31/h2-11,18,20,29H,12-15H2,1H3,(H,30,31). The van der Waals surface area contributed by atoms with Gasteiger partial charge in [-0.05, 0) is 47.9 Å². The smallest absolute Gasteiger partial charge is 0.341 e. The molecule has 1 aliphatic rings. The molecule has 8 heteroatoms. The van der Waals surface area contributed by atoms with Gasteiger partial charge in [0.1, 0.15) is 11.9 Å². The number of methoxy groups -OCH3 is 1. The summed E-state index contributed by atoms with van der Waals surface area (Å²) in [5.41, 5.74) is 2.66. The van der Waals surface area contributed by atoms with Crippen molar-refractivity contribution in [2.75, 3.05) is 20.3 Å². The number of hydrogen-bond acceptors (Lipinski definition) is 5. The van der Waals surface area contributed by atoms with Crippen molar-refractivity contribution in [2.24, 2.45) is 0 Å². The van der Waals surface area contributed by atoms with Gasteiger partial charge in [-0.15, -0.1) is 0 Å². The molecule has 0 amide bonds. The average molecular weight is 469 g/mol. The van der Waals surface area contributed by atoms with Crippen molar-refractivity contribution in [3.63, 3.8) is 0 Å². The lowest BCUT2D eigenvalue weighted by Crippen LogP contribution is -2.35. The fourth-order valence-electron chi connectivity index (χ4n) is 4.11. The van der Waals surface area contributed by atoms with E-state index >= 15 is 0 Å². The third kappa shape index (κ3) is 5.46. The molecule has 0 aromatic heterocycles. The molecular formula is C26H25F2NO5. The number of nitrogens with one attached hydrogen (secondary N) is 1. The number of carboxylic acids is 1. The van der Waals surface area contributed by atoms with Gasteiger partial charge in [-0.3, -0.25) is 0 Å². The highest BCUT2D eigenvalue weighted by molar-refractivity contribution is 5.68. The van der Waals surface area contributed by atoms with Crippen molar-refractivity contribution >= 4 is 5.97 Å². The van der Waals surface area contributed by atoms with Crippen molar-refractivity contribution in [2.45, 2.75) is 25.0 Å². The Morgan fingerprint density at radius 3 is 2.65 bits per heavy atom. The van der Waals surface area contributed by atoms with E-state index in [9.17, 15) is 13.6 Å². The second kappa shape index (κ2) is 10.5. The first-order valence-electron chi connectivity index (χ1n) is 10.9. The van der Waals surface area contributed by atoms with E-state index in [1.165, 1.54) is 19.2 Å². The zero-order valence-electron chi connectivity index (χ0n) is 18.6. The number of hydrogen-bond donors (Lipinski definition) is 2. The van der Waals surface area contributed by atoms with Gasteiger partial charge in [-0.25, -0.2) is 13.6 Å². The molecule has 2 unspecified atom stereocenters. The lowest BCUT2D eigenvalue weighted by molar-refractivity contribution is -0.139. The summed E-state index contributed by atoms with van der Waals surface area (Å²) in [6, 6.07) is 16.9. The fourth-order valence-corrected chi connectivity index (χ4v) is 4.11. The van der Waals surface area contributed by atoms with Crippen LogP contribution in [0.5, 0.6) is 17.2 Å². The molecule has 2 atom stereocenters. The van der Waals surface area contributed by atoms with Gasteiger partial charge in [0.05, 0.1) is 7.11 Å². The maximum Gasteiger partial charge on any atom is 0.341 e. The normalized spacial score (nSPS) is 16.9. The minimum absolute atomic E-state index is 0.0876. The van der Waals surface area contributed by atoms with E-state index in [4.69, 9.17) is 19.3 Å². The van der Waals surface area contributed by atoms with Gasteiger partial charge < -0.3 is 24.6 Å². The van der Waals surface area contributed by atoms with Crippen molar-refractivity contribution in [1.82, 2.24) is 5.32 Å². The number of rotatable bonds is 9. The highest BCUT2D eigenvalue weighted by atomic mass is 19.1. The Bertz CT molecular complexity index is 1170. The zero-order chi connectivity index (χ0) is 24.1. The van der Waals surface area contributed by atoms with Crippen LogP contribution in [0.15, 0.2) is 60.7 Å². The van der Waals surface area contributed by atoms with E-state index < -0.39 is 24.2 Å². The molecular weight excluding hydrogens is 444 g/mol. The number of carboxylic acid groups (broad SMARTS) is 1. The Morgan fingerprint density at radius 1 is 1.09 bits per heavy atom. The van der Waals surface area contributed by atoms with E-state index in [2.05, 4.69) is 5.32 Å². The summed E-state index contributed by atoms with van der Waals surface area (Å²) in [6.45, 7) is 0.423. The molecule has 34 heavy (non-hydrogen) atoms. The van der Waals surface area contributed by atoms with Gasteiger partial charge in [0.2, 0.25) is 0 Å². The lowest BCUT2D eigenvalue weighted by Gasteiger charge is -2.33. The van der Waals surface area contributed by atoms with Crippen LogP contribution in [0.4, 0.5) is 8.78 Å². The highest BCUT2D eigenvalue weighted by Gasteiger charge is 2.29. The van der Waals surface area contributed by atoms with E-state index in [0.717, 1.165) is 22.4 Å². The molecule has 6 nitrogen and oxygen atoms in total. The molecule has 0 saturated carbocycles. The van der Waals surface area contributed by atoms with Crippen LogP contribution in [0.1, 0.15) is 29.0 Å². The number of para-hydroxylation sites is 1. The van der Waals surface area contributed by atoms with Gasteiger partial charge in [0, 0.05) is 24.6 Å². The summed E-state index contributed by atoms with van der Waals surface area (Å²) in [4.78, 5) is 10.8. The number of aliphatic carboxylic acids is 1. The first-order valence-corrected chi connectivity index (χ1v) is 10.9.